The first-order valence-corrected chi connectivity index (χ1v) is 6.40. The molecule has 1 fully saturated rings. The summed E-state index contributed by atoms with van der Waals surface area (Å²) in [7, 11) is 0. The number of hydrogen-bond donors (Lipinski definition) is 2. The normalized spacial score (nSPS) is 23.6. The molecular formula is C12H20N4O3. The maximum Gasteiger partial charge on any atom is 0.249 e. The van der Waals surface area contributed by atoms with Crippen LogP contribution in [0.4, 0.5) is 0 Å². The van der Waals surface area contributed by atoms with Gasteiger partial charge in [0.15, 0.2) is 5.82 Å². The summed E-state index contributed by atoms with van der Waals surface area (Å²) in [5.41, 5.74) is 4.83. The van der Waals surface area contributed by atoms with E-state index in [0.717, 1.165) is 6.42 Å². The molecule has 2 heterocycles. The predicted octanol–water partition coefficient (Wildman–Crippen LogP) is 0.236. The number of amides is 1. The fourth-order valence-corrected chi connectivity index (χ4v) is 2.07. The molecule has 7 nitrogen and oxygen atoms in total. The second-order valence-corrected chi connectivity index (χ2v) is 5.31. The van der Waals surface area contributed by atoms with Crippen LogP contribution in [0.2, 0.25) is 0 Å². The van der Waals surface area contributed by atoms with Crippen LogP contribution in [0.3, 0.4) is 0 Å². The third-order valence-corrected chi connectivity index (χ3v) is 3.19. The van der Waals surface area contributed by atoms with E-state index in [-0.39, 0.29) is 12.0 Å². The van der Waals surface area contributed by atoms with Gasteiger partial charge in [-0.05, 0) is 26.7 Å². The van der Waals surface area contributed by atoms with Crippen molar-refractivity contribution in [3.05, 3.63) is 11.7 Å². The molecule has 2 rings (SSSR count). The summed E-state index contributed by atoms with van der Waals surface area (Å²) in [5, 5.41) is 6.72. The van der Waals surface area contributed by atoms with Gasteiger partial charge in [0.05, 0.1) is 11.6 Å². The Hall–Kier alpha value is -1.47. The number of aryl methyl sites for hydroxylation is 1. The van der Waals surface area contributed by atoms with Gasteiger partial charge < -0.3 is 20.3 Å². The summed E-state index contributed by atoms with van der Waals surface area (Å²) in [6.07, 6.45) is 1.04. The smallest absolute Gasteiger partial charge is 0.249 e. The van der Waals surface area contributed by atoms with Gasteiger partial charge in [-0.2, -0.15) is 4.98 Å². The molecule has 0 aromatic carbocycles. The molecule has 7 heteroatoms. The van der Waals surface area contributed by atoms with Crippen LogP contribution >= 0.6 is 0 Å². The molecule has 3 N–H and O–H groups in total. The van der Waals surface area contributed by atoms with Crippen LogP contribution in [0.15, 0.2) is 4.52 Å². The minimum atomic E-state index is -0.695. The lowest BCUT2D eigenvalue weighted by molar-refractivity contribution is -0.133. The quantitative estimate of drug-likeness (QED) is 0.810. The van der Waals surface area contributed by atoms with Gasteiger partial charge in [-0.25, -0.2) is 0 Å². The Labute approximate surface area is 111 Å². The van der Waals surface area contributed by atoms with E-state index < -0.39 is 11.6 Å². The summed E-state index contributed by atoms with van der Waals surface area (Å²) in [6.45, 7) is 5.80. The summed E-state index contributed by atoms with van der Waals surface area (Å²) >= 11 is 0. The van der Waals surface area contributed by atoms with Gasteiger partial charge in [-0.1, -0.05) is 5.16 Å². The molecule has 0 bridgehead atoms. The Morgan fingerprint density at radius 2 is 2.26 bits per heavy atom. The third-order valence-electron chi connectivity index (χ3n) is 3.19. The van der Waals surface area contributed by atoms with Crippen molar-refractivity contribution in [1.82, 2.24) is 15.5 Å². The van der Waals surface area contributed by atoms with Gasteiger partial charge >= 0.3 is 0 Å². The second-order valence-electron chi connectivity index (χ2n) is 5.31. The largest absolute Gasteiger partial charge is 0.364 e. The minimum absolute atomic E-state index is 0.0220. The average molecular weight is 268 g/mol. The van der Waals surface area contributed by atoms with E-state index in [0.29, 0.717) is 24.7 Å². The third kappa shape index (κ3) is 3.10. The van der Waals surface area contributed by atoms with E-state index >= 15 is 0 Å². The van der Waals surface area contributed by atoms with Crippen molar-refractivity contribution >= 4 is 5.91 Å². The topological polar surface area (TPSA) is 103 Å². The number of rotatable bonds is 4. The molecule has 2 atom stereocenters. The van der Waals surface area contributed by atoms with Gasteiger partial charge in [0.25, 0.3) is 0 Å². The van der Waals surface area contributed by atoms with Crippen LogP contribution in [0, 0.1) is 6.92 Å². The molecule has 0 unspecified atom stereocenters. The standard InChI is InChI=1S/C12H20N4O3/c1-7-14-11(16-19-7)12(2,3)15-10(17)9-5-4-8(6-13)18-9/h8-9H,4-6,13H2,1-3H3,(H,15,17)/t8-,9+/m1/s1. The van der Waals surface area contributed by atoms with Crippen LogP contribution in [0.1, 0.15) is 38.4 Å². The van der Waals surface area contributed by atoms with Crippen LogP contribution < -0.4 is 11.1 Å². The lowest BCUT2D eigenvalue weighted by Crippen LogP contribution is -2.46. The fourth-order valence-electron chi connectivity index (χ4n) is 2.07. The van der Waals surface area contributed by atoms with Crippen molar-refractivity contribution in [2.45, 2.75) is 51.4 Å². The summed E-state index contributed by atoms with van der Waals surface area (Å²) in [6, 6.07) is 0. The lowest BCUT2D eigenvalue weighted by atomic mass is 10.0. The molecule has 1 saturated heterocycles. The van der Waals surface area contributed by atoms with Crippen molar-refractivity contribution in [2.24, 2.45) is 5.73 Å². The molecule has 0 aliphatic carbocycles. The number of carbonyl (C=O) groups excluding carboxylic acids is 1. The van der Waals surface area contributed by atoms with E-state index in [9.17, 15) is 4.79 Å². The molecule has 1 aliphatic heterocycles. The molecule has 1 aromatic heterocycles. The molecule has 106 valence electrons. The van der Waals surface area contributed by atoms with Crippen LogP contribution in [-0.4, -0.2) is 34.8 Å². The first kappa shape index (κ1) is 14.0. The van der Waals surface area contributed by atoms with Gasteiger partial charge in [-0.3, -0.25) is 4.79 Å². The highest BCUT2D eigenvalue weighted by atomic mass is 16.5. The maximum absolute atomic E-state index is 12.1. The Balaban J connectivity index is 1.98. The van der Waals surface area contributed by atoms with Crippen LogP contribution in [0.5, 0.6) is 0 Å². The number of nitrogens with zero attached hydrogens (tertiary/aromatic N) is 2. The first-order chi connectivity index (χ1) is 8.92. The zero-order valence-corrected chi connectivity index (χ0v) is 11.5. The monoisotopic (exact) mass is 268 g/mol. The van der Waals surface area contributed by atoms with Crippen LogP contribution in [0.25, 0.3) is 0 Å². The number of aromatic nitrogens is 2. The minimum Gasteiger partial charge on any atom is -0.364 e. The van der Waals surface area contributed by atoms with Crippen molar-refractivity contribution in [2.75, 3.05) is 6.54 Å². The van der Waals surface area contributed by atoms with E-state index in [1.807, 2.05) is 13.8 Å². The van der Waals surface area contributed by atoms with Gasteiger partial charge in [0.1, 0.15) is 6.10 Å². The molecule has 19 heavy (non-hydrogen) atoms. The molecule has 1 amide bonds. The fraction of sp³-hybridized carbons (Fsp3) is 0.750. The highest BCUT2D eigenvalue weighted by Gasteiger charge is 2.35. The Morgan fingerprint density at radius 3 is 2.79 bits per heavy atom. The van der Waals surface area contributed by atoms with Crippen molar-refractivity contribution in [1.29, 1.82) is 0 Å². The Kier molecular flexibility index (Phi) is 3.86. The zero-order chi connectivity index (χ0) is 14.0. The summed E-state index contributed by atoms with van der Waals surface area (Å²) in [4.78, 5) is 16.3. The van der Waals surface area contributed by atoms with Crippen molar-refractivity contribution in [3.63, 3.8) is 0 Å². The highest BCUT2D eigenvalue weighted by molar-refractivity contribution is 5.81. The molecule has 0 radical (unpaired) electrons. The van der Waals surface area contributed by atoms with E-state index in [4.69, 9.17) is 15.0 Å². The molecule has 0 spiro atoms. The molecule has 0 saturated carbocycles. The van der Waals surface area contributed by atoms with Gasteiger partial charge in [0.2, 0.25) is 11.8 Å². The van der Waals surface area contributed by atoms with Gasteiger partial charge in [0, 0.05) is 13.5 Å². The van der Waals surface area contributed by atoms with Crippen LogP contribution in [-0.2, 0) is 15.1 Å². The van der Waals surface area contributed by atoms with E-state index in [1.165, 1.54) is 0 Å². The SMILES string of the molecule is Cc1nc(C(C)(C)NC(=O)[C@@H]2CC[C@H](CN)O2)no1. The number of hydrogen-bond acceptors (Lipinski definition) is 6. The molecule has 1 aromatic rings. The van der Waals surface area contributed by atoms with Gasteiger partial charge in [-0.15, -0.1) is 0 Å². The van der Waals surface area contributed by atoms with E-state index in [2.05, 4.69) is 15.5 Å². The zero-order valence-electron chi connectivity index (χ0n) is 11.5. The highest BCUT2D eigenvalue weighted by Crippen LogP contribution is 2.22. The van der Waals surface area contributed by atoms with Crippen molar-refractivity contribution < 1.29 is 14.1 Å². The number of carbonyl (C=O) groups is 1. The maximum atomic E-state index is 12.1. The summed E-state index contributed by atoms with van der Waals surface area (Å²) in [5.74, 6) is 0.757. The van der Waals surface area contributed by atoms with Crippen molar-refractivity contribution in [3.8, 4) is 0 Å². The Morgan fingerprint density at radius 1 is 1.53 bits per heavy atom. The number of nitrogens with one attached hydrogen (secondary N) is 1. The average Bonchev–Trinajstić information content (AvgIpc) is 2.96. The predicted molar refractivity (Wildman–Crippen MR) is 67.2 cm³/mol. The number of ether oxygens (including phenoxy) is 1. The first-order valence-electron chi connectivity index (χ1n) is 6.40. The van der Waals surface area contributed by atoms with E-state index in [1.54, 1.807) is 6.92 Å². The second kappa shape index (κ2) is 5.26. The summed E-state index contributed by atoms with van der Waals surface area (Å²) < 4.78 is 10.5. The number of nitrogens with two attached hydrogens (primary N) is 1. The Bertz CT molecular complexity index is 458. The molecule has 1 aliphatic rings. The molecular weight excluding hydrogens is 248 g/mol. The lowest BCUT2D eigenvalue weighted by Gasteiger charge is -2.24.